The van der Waals surface area contributed by atoms with Crippen LogP contribution in [0.15, 0.2) is 6.33 Å². The Bertz CT molecular complexity index is 589. The minimum atomic E-state index is 0.684. The van der Waals surface area contributed by atoms with E-state index in [0.717, 1.165) is 55.4 Å². The van der Waals surface area contributed by atoms with Gasteiger partial charge in [0.25, 0.3) is 0 Å². The molecule has 2 heterocycles. The molecule has 0 radical (unpaired) electrons. The van der Waals surface area contributed by atoms with Gasteiger partial charge in [-0.05, 0) is 31.6 Å². The number of aromatic nitrogens is 4. The molecule has 2 aromatic heterocycles. The van der Waals surface area contributed by atoms with E-state index >= 15 is 0 Å². The number of H-pyrrole nitrogens is 1. The van der Waals surface area contributed by atoms with Crippen LogP contribution >= 0.6 is 0 Å². The van der Waals surface area contributed by atoms with Gasteiger partial charge in [-0.25, -0.2) is 4.98 Å². The molecule has 0 amide bonds. The Hall–Kier alpha value is -1.85. The van der Waals surface area contributed by atoms with Crippen molar-refractivity contribution >= 4 is 22.9 Å². The molecule has 0 atom stereocenters. The fourth-order valence-corrected chi connectivity index (χ4v) is 2.53. The Morgan fingerprint density at radius 1 is 1.29 bits per heavy atom. The van der Waals surface area contributed by atoms with E-state index in [-0.39, 0.29) is 0 Å². The highest BCUT2D eigenvalue weighted by molar-refractivity contribution is 5.84. The zero-order valence-corrected chi connectivity index (χ0v) is 12.9. The van der Waals surface area contributed by atoms with Gasteiger partial charge in [0.15, 0.2) is 11.5 Å². The predicted octanol–water partition coefficient (Wildman–Crippen LogP) is 2.80. The minimum absolute atomic E-state index is 0.684. The molecule has 6 heteroatoms. The summed E-state index contributed by atoms with van der Waals surface area (Å²) in [7, 11) is 0. The number of fused-ring (bicyclic) bond motifs is 1. The van der Waals surface area contributed by atoms with Gasteiger partial charge in [-0.2, -0.15) is 9.97 Å². The first-order chi connectivity index (χ1) is 10.3. The first kappa shape index (κ1) is 14.1. The van der Waals surface area contributed by atoms with Gasteiger partial charge in [0, 0.05) is 19.6 Å². The largest absolute Gasteiger partial charge is 0.354 e. The number of nitrogens with zero attached hydrogens (tertiary/aromatic N) is 4. The Balaban J connectivity index is 1.94. The van der Waals surface area contributed by atoms with Gasteiger partial charge in [-0.1, -0.05) is 13.8 Å². The molecule has 1 saturated carbocycles. The summed E-state index contributed by atoms with van der Waals surface area (Å²) in [6.45, 7) is 7.34. The lowest BCUT2D eigenvalue weighted by molar-refractivity contribution is 0.700. The summed E-state index contributed by atoms with van der Waals surface area (Å²) in [6.07, 6.45) is 6.56. The maximum atomic E-state index is 4.74. The van der Waals surface area contributed by atoms with E-state index in [2.05, 4.69) is 39.0 Å². The van der Waals surface area contributed by atoms with Gasteiger partial charge in [-0.15, -0.1) is 0 Å². The molecule has 0 aromatic carbocycles. The highest BCUT2D eigenvalue weighted by Gasteiger charge is 2.26. The van der Waals surface area contributed by atoms with Crippen molar-refractivity contribution in [3.05, 3.63) is 6.33 Å². The first-order valence-corrected chi connectivity index (χ1v) is 8.01. The van der Waals surface area contributed by atoms with Gasteiger partial charge in [-0.3, -0.25) is 0 Å². The van der Waals surface area contributed by atoms with Crippen molar-refractivity contribution < 1.29 is 0 Å². The number of nitrogens with one attached hydrogen (secondary N) is 2. The van der Waals surface area contributed by atoms with Crippen LogP contribution in [-0.2, 0) is 0 Å². The van der Waals surface area contributed by atoms with E-state index in [1.165, 1.54) is 12.8 Å². The van der Waals surface area contributed by atoms with Gasteiger partial charge >= 0.3 is 0 Å². The van der Waals surface area contributed by atoms with Crippen molar-refractivity contribution in [2.24, 2.45) is 5.92 Å². The molecule has 3 rings (SSSR count). The molecule has 21 heavy (non-hydrogen) atoms. The number of anilines is 2. The lowest BCUT2D eigenvalue weighted by atomic mass is 10.3. The summed E-state index contributed by atoms with van der Waals surface area (Å²) in [5, 5.41) is 3.28. The lowest BCUT2D eigenvalue weighted by Crippen LogP contribution is -2.28. The van der Waals surface area contributed by atoms with Crippen molar-refractivity contribution in [1.29, 1.82) is 0 Å². The molecule has 1 fully saturated rings. The Kier molecular flexibility index (Phi) is 4.22. The van der Waals surface area contributed by atoms with Crippen molar-refractivity contribution in [3.8, 4) is 0 Å². The van der Waals surface area contributed by atoms with Gasteiger partial charge in [0.1, 0.15) is 5.52 Å². The molecule has 1 aliphatic rings. The monoisotopic (exact) mass is 288 g/mol. The topological polar surface area (TPSA) is 69.7 Å². The molecule has 6 nitrogen and oxygen atoms in total. The van der Waals surface area contributed by atoms with Crippen LogP contribution in [0.4, 0.5) is 11.8 Å². The fraction of sp³-hybridized carbons (Fsp3) is 0.667. The molecule has 0 unspecified atom stereocenters. The number of rotatable bonds is 8. The van der Waals surface area contributed by atoms with Crippen molar-refractivity contribution in [1.82, 2.24) is 19.9 Å². The lowest BCUT2D eigenvalue weighted by Gasteiger charge is -2.23. The van der Waals surface area contributed by atoms with Crippen LogP contribution in [0.1, 0.15) is 39.5 Å². The second kappa shape index (κ2) is 6.28. The second-order valence-electron chi connectivity index (χ2n) is 5.79. The average molecular weight is 288 g/mol. The Labute approximate surface area is 125 Å². The van der Waals surface area contributed by atoms with Crippen LogP contribution in [0.5, 0.6) is 0 Å². The average Bonchev–Trinajstić information content (AvgIpc) is 3.18. The molecule has 114 valence electrons. The van der Waals surface area contributed by atoms with Crippen LogP contribution in [-0.4, -0.2) is 39.6 Å². The van der Waals surface area contributed by atoms with Crippen molar-refractivity contribution in [3.63, 3.8) is 0 Å². The first-order valence-electron chi connectivity index (χ1n) is 8.01. The molecule has 1 aliphatic carbocycles. The molecule has 0 saturated heterocycles. The predicted molar refractivity (Wildman–Crippen MR) is 85.7 cm³/mol. The summed E-state index contributed by atoms with van der Waals surface area (Å²) >= 11 is 0. The minimum Gasteiger partial charge on any atom is -0.354 e. The fourth-order valence-electron chi connectivity index (χ4n) is 2.53. The summed E-state index contributed by atoms with van der Waals surface area (Å²) in [4.78, 5) is 19.1. The molecular formula is C15H24N6. The maximum absolute atomic E-state index is 4.74. The standard InChI is InChI=1S/C15H24N6/c1-3-7-16-15-19-13-12(17-10-18-13)14(20-15)21(8-4-2)9-11-5-6-11/h10-11H,3-9H2,1-2H3,(H2,16,17,18,19,20). The highest BCUT2D eigenvalue weighted by atomic mass is 15.2. The van der Waals surface area contributed by atoms with Gasteiger partial charge in [0.2, 0.25) is 5.95 Å². The number of aromatic amines is 1. The normalized spacial score (nSPS) is 14.6. The third-order valence-electron chi connectivity index (χ3n) is 3.77. The summed E-state index contributed by atoms with van der Waals surface area (Å²) in [5.41, 5.74) is 1.70. The molecule has 2 N–H and O–H groups in total. The third-order valence-corrected chi connectivity index (χ3v) is 3.77. The van der Waals surface area contributed by atoms with Crippen LogP contribution in [0.3, 0.4) is 0 Å². The van der Waals surface area contributed by atoms with Crippen LogP contribution in [0.2, 0.25) is 0 Å². The van der Waals surface area contributed by atoms with E-state index in [4.69, 9.17) is 4.98 Å². The van der Waals surface area contributed by atoms with Crippen LogP contribution < -0.4 is 10.2 Å². The molecule has 0 spiro atoms. The SMILES string of the molecule is CCCNc1nc(N(CCC)CC2CC2)c2[nH]cnc2n1. The van der Waals surface area contributed by atoms with Gasteiger partial charge < -0.3 is 15.2 Å². The number of imidazole rings is 1. The summed E-state index contributed by atoms with van der Waals surface area (Å²) < 4.78 is 0. The summed E-state index contributed by atoms with van der Waals surface area (Å²) in [5.74, 6) is 2.50. The zero-order valence-electron chi connectivity index (χ0n) is 12.9. The molecule has 0 aliphatic heterocycles. The maximum Gasteiger partial charge on any atom is 0.226 e. The van der Waals surface area contributed by atoms with E-state index in [1.54, 1.807) is 6.33 Å². The Morgan fingerprint density at radius 3 is 2.86 bits per heavy atom. The Morgan fingerprint density at radius 2 is 2.14 bits per heavy atom. The van der Waals surface area contributed by atoms with E-state index in [1.807, 2.05) is 0 Å². The van der Waals surface area contributed by atoms with Crippen molar-refractivity contribution in [2.45, 2.75) is 39.5 Å². The molecule has 2 aromatic rings. The third kappa shape index (κ3) is 3.25. The van der Waals surface area contributed by atoms with Crippen LogP contribution in [0, 0.1) is 5.92 Å². The summed E-state index contributed by atoms with van der Waals surface area (Å²) in [6, 6.07) is 0. The van der Waals surface area contributed by atoms with Crippen LogP contribution in [0.25, 0.3) is 11.2 Å². The number of hydrogen-bond donors (Lipinski definition) is 2. The zero-order chi connectivity index (χ0) is 14.7. The van der Waals surface area contributed by atoms with Gasteiger partial charge in [0.05, 0.1) is 6.33 Å². The quantitative estimate of drug-likeness (QED) is 0.781. The molecule has 0 bridgehead atoms. The van der Waals surface area contributed by atoms with E-state index in [0.29, 0.717) is 5.95 Å². The second-order valence-corrected chi connectivity index (χ2v) is 5.79. The number of hydrogen-bond acceptors (Lipinski definition) is 5. The highest BCUT2D eigenvalue weighted by Crippen LogP contribution is 2.32. The van der Waals surface area contributed by atoms with E-state index < -0.39 is 0 Å². The van der Waals surface area contributed by atoms with E-state index in [9.17, 15) is 0 Å². The smallest absolute Gasteiger partial charge is 0.226 e. The van der Waals surface area contributed by atoms with Crippen molar-refractivity contribution in [2.75, 3.05) is 29.9 Å². The molecular weight excluding hydrogens is 264 g/mol.